The molecule has 2 aromatic rings. The fourth-order valence-electron chi connectivity index (χ4n) is 1.20. The van der Waals surface area contributed by atoms with Crippen LogP contribution in [0.25, 0.3) is 0 Å². The molecular formula is C10H8BrClN2. The highest BCUT2D eigenvalue weighted by Crippen LogP contribution is 2.13. The largest absolute Gasteiger partial charge is 0.250 e. The summed E-state index contributed by atoms with van der Waals surface area (Å²) in [5.41, 5.74) is 1.18. The Labute approximate surface area is 95.6 Å². The van der Waals surface area contributed by atoms with Crippen molar-refractivity contribution in [2.75, 3.05) is 0 Å². The molecule has 1 aromatic carbocycles. The molecule has 0 atom stereocenters. The third-order valence-electron chi connectivity index (χ3n) is 1.91. The Kier molecular flexibility index (Phi) is 2.89. The molecule has 14 heavy (non-hydrogen) atoms. The molecule has 2 rings (SSSR count). The van der Waals surface area contributed by atoms with Crippen LogP contribution in [0.4, 0.5) is 0 Å². The molecule has 0 N–H and O–H groups in total. The maximum Gasteiger partial charge on any atom is 0.127 e. The van der Waals surface area contributed by atoms with Gasteiger partial charge in [0.15, 0.2) is 0 Å². The third kappa shape index (κ3) is 2.16. The lowest BCUT2D eigenvalue weighted by Crippen LogP contribution is -2.00. The first-order valence-corrected chi connectivity index (χ1v) is 5.34. The van der Waals surface area contributed by atoms with Gasteiger partial charge >= 0.3 is 0 Å². The Morgan fingerprint density at radius 2 is 1.93 bits per heavy atom. The van der Waals surface area contributed by atoms with Crippen molar-refractivity contribution >= 4 is 27.5 Å². The lowest BCUT2D eigenvalue weighted by Gasteiger charge is -2.03. The number of nitrogens with zero attached hydrogens (tertiary/aromatic N) is 2. The molecule has 0 radical (unpaired) electrons. The van der Waals surface area contributed by atoms with Crippen LogP contribution in [0.5, 0.6) is 0 Å². The predicted molar refractivity (Wildman–Crippen MR) is 60.5 cm³/mol. The van der Waals surface area contributed by atoms with Crippen LogP contribution >= 0.6 is 27.5 Å². The van der Waals surface area contributed by atoms with E-state index in [1.54, 1.807) is 16.9 Å². The summed E-state index contributed by atoms with van der Waals surface area (Å²) in [5.74, 6) is 0. The van der Waals surface area contributed by atoms with Crippen molar-refractivity contribution < 1.29 is 0 Å². The van der Waals surface area contributed by atoms with Gasteiger partial charge in [0.1, 0.15) is 5.15 Å². The Bertz CT molecular complexity index is 422. The standard InChI is InChI=1S/C10H8BrClN2/c11-9-3-1-8(2-4-9)7-14-10(12)5-6-13-14/h1-6H,7H2. The van der Waals surface area contributed by atoms with Crippen LogP contribution in [0.3, 0.4) is 0 Å². The number of hydrogen-bond acceptors (Lipinski definition) is 1. The first-order chi connectivity index (χ1) is 6.75. The van der Waals surface area contributed by atoms with Crippen molar-refractivity contribution in [1.82, 2.24) is 9.78 Å². The molecule has 0 saturated heterocycles. The number of hydrogen-bond donors (Lipinski definition) is 0. The van der Waals surface area contributed by atoms with Gasteiger partial charge in [0.2, 0.25) is 0 Å². The van der Waals surface area contributed by atoms with E-state index in [0.717, 1.165) is 4.47 Å². The Hall–Kier alpha value is -0.800. The highest BCUT2D eigenvalue weighted by Gasteiger charge is 1.99. The van der Waals surface area contributed by atoms with Crippen molar-refractivity contribution in [2.24, 2.45) is 0 Å². The van der Waals surface area contributed by atoms with E-state index < -0.39 is 0 Å². The molecule has 0 aliphatic carbocycles. The summed E-state index contributed by atoms with van der Waals surface area (Å²) in [6.45, 7) is 0.707. The van der Waals surface area contributed by atoms with Gasteiger partial charge in [0.05, 0.1) is 12.7 Å². The summed E-state index contributed by atoms with van der Waals surface area (Å²) < 4.78 is 2.83. The molecule has 1 aromatic heterocycles. The second-order valence-electron chi connectivity index (χ2n) is 2.94. The highest BCUT2D eigenvalue weighted by molar-refractivity contribution is 9.10. The zero-order chi connectivity index (χ0) is 9.97. The SMILES string of the molecule is Clc1ccnn1Cc1ccc(Br)cc1. The van der Waals surface area contributed by atoms with Crippen molar-refractivity contribution in [3.05, 3.63) is 51.7 Å². The van der Waals surface area contributed by atoms with Gasteiger partial charge in [-0.25, -0.2) is 4.68 Å². The minimum absolute atomic E-state index is 0.660. The van der Waals surface area contributed by atoms with Gasteiger partial charge in [-0.2, -0.15) is 5.10 Å². The van der Waals surface area contributed by atoms with Crippen LogP contribution in [0, 0.1) is 0 Å². The van der Waals surface area contributed by atoms with Crippen molar-refractivity contribution in [2.45, 2.75) is 6.54 Å². The van der Waals surface area contributed by atoms with E-state index in [1.807, 2.05) is 24.3 Å². The molecule has 2 nitrogen and oxygen atoms in total. The number of aromatic nitrogens is 2. The maximum absolute atomic E-state index is 5.91. The zero-order valence-electron chi connectivity index (χ0n) is 7.32. The topological polar surface area (TPSA) is 17.8 Å². The maximum atomic E-state index is 5.91. The first-order valence-electron chi connectivity index (χ1n) is 4.17. The Balaban J connectivity index is 2.19. The smallest absolute Gasteiger partial charge is 0.127 e. The van der Waals surface area contributed by atoms with Crippen molar-refractivity contribution in [1.29, 1.82) is 0 Å². The summed E-state index contributed by atoms with van der Waals surface area (Å²) >= 11 is 9.30. The van der Waals surface area contributed by atoms with E-state index >= 15 is 0 Å². The first kappa shape index (κ1) is 9.74. The van der Waals surface area contributed by atoms with Crippen LogP contribution in [0.1, 0.15) is 5.56 Å². The van der Waals surface area contributed by atoms with E-state index in [9.17, 15) is 0 Å². The average molecular weight is 272 g/mol. The number of benzene rings is 1. The average Bonchev–Trinajstić information content (AvgIpc) is 2.56. The third-order valence-corrected chi connectivity index (χ3v) is 2.76. The Morgan fingerprint density at radius 3 is 2.50 bits per heavy atom. The van der Waals surface area contributed by atoms with E-state index in [0.29, 0.717) is 11.7 Å². The lowest BCUT2D eigenvalue weighted by atomic mass is 10.2. The van der Waals surface area contributed by atoms with Crippen molar-refractivity contribution in [3.8, 4) is 0 Å². The summed E-state index contributed by atoms with van der Waals surface area (Å²) in [4.78, 5) is 0. The molecule has 0 bridgehead atoms. The van der Waals surface area contributed by atoms with E-state index in [4.69, 9.17) is 11.6 Å². The molecular weight excluding hydrogens is 263 g/mol. The number of rotatable bonds is 2. The van der Waals surface area contributed by atoms with Crippen LogP contribution in [-0.2, 0) is 6.54 Å². The van der Waals surface area contributed by atoms with Gasteiger partial charge in [-0.1, -0.05) is 39.7 Å². The normalized spacial score (nSPS) is 10.4. The highest BCUT2D eigenvalue weighted by atomic mass is 79.9. The molecule has 1 heterocycles. The minimum atomic E-state index is 0.660. The molecule has 0 aliphatic rings. The summed E-state index contributed by atoms with van der Waals surface area (Å²) in [6.07, 6.45) is 1.70. The number of halogens is 2. The van der Waals surface area contributed by atoms with Crippen molar-refractivity contribution in [3.63, 3.8) is 0 Å². The van der Waals surface area contributed by atoms with E-state index in [1.165, 1.54) is 5.56 Å². The fourth-order valence-corrected chi connectivity index (χ4v) is 1.62. The van der Waals surface area contributed by atoms with E-state index in [2.05, 4.69) is 21.0 Å². The van der Waals surface area contributed by atoms with E-state index in [-0.39, 0.29) is 0 Å². The van der Waals surface area contributed by atoms with Gasteiger partial charge in [-0.15, -0.1) is 0 Å². The molecule has 0 spiro atoms. The second kappa shape index (κ2) is 4.15. The summed E-state index contributed by atoms with van der Waals surface area (Å²) in [7, 11) is 0. The van der Waals surface area contributed by atoms with Crippen LogP contribution in [-0.4, -0.2) is 9.78 Å². The van der Waals surface area contributed by atoms with Gasteiger partial charge in [0.25, 0.3) is 0 Å². The molecule has 0 saturated carbocycles. The molecule has 0 unspecified atom stereocenters. The lowest BCUT2D eigenvalue weighted by molar-refractivity contribution is 0.688. The molecule has 0 fully saturated rings. The predicted octanol–water partition coefficient (Wildman–Crippen LogP) is 3.35. The fraction of sp³-hybridized carbons (Fsp3) is 0.100. The van der Waals surface area contributed by atoms with Gasteiger partial charge in [0, 0.05) is 4.47 Å². The van der Waals surface area contributed by atoms with Gasteiger partial charge in [-0.05, 0) is 23.8 Å². The Morgan fingerprint density at radius 1 is 1.21 bits per heavy atom. The molecule has 4 heteroatoms. The minimum Gasteiger partial charge on any atom is -0.250 e. The van der Waals surface area contributed by atoms with Crippen LogP contribution in [0.15, 0.2) is 41.0 Å². The zero-order valence-corrected chi connectivity index (χ0v) is 9.66. The molecule has 0 aliphatic heterocycles. The van der Waals surface area contributed by atoms with Crippen LogP contribution < -0.4 is 0 Å². The monoisotopic (exact) mass is 270 g/mol. The molecule has 72 valence electrons. The summed E-state index contributed by atoms with van der Waals surface area (Å²) in [6, 6.07) is 9.88. The van der Waals surface area contributed by atoms with Gasteiger partial charge < -0.3 is 0 Å². The second-order valence-corrected chi connectivity index (χ2v) is 4.24. The van der Waals surface area contributed by atoms with Gasteiger partial charge in [-0.3, -0.25) is 0 Å². The molecule has 0 amide bonds. The quantitative estimate of drug-likeness (QED) is 0.819. The summed E-state index contributed by atoms with van der Waals surface area (Å²) in [5, 5.41) is 4.77. The van der Waals surface area contributed by atoms with Crippen LogP contribution in [0.2, 0.25) is 5.15 Å².